The molecule has 0 amide bonds. The number of nitrogens with two attached hydrogens (primary N) is 1. The molecule has 1 saturated carbocycles. The predicted octanol–water partition coefficient (Wildman–Crippen LogP) is 2.01. The number of aromatic nitrogens is 2. The lowest BCUT2D eigenvalue weighted by Gasteiger charge is -2.37. The molecule has 3 N–H and O–H groups in total. The van der Waals surface area contributed by atoms with E-state index in [-0.39, 0.29) is 0 Å². The maximum Gasteiger partial charge on any atom is 0.222 e. The van der Waals surface area contributed by atoms with Crippen molar-refractivity contribution in [2.24, 2.45) is 0 Å². The second-order valence-corrected chi connectivity index (χ2v) is 7.16. The summed E-state index contributed by atoms with van der Waals surface area (Å²) in [5.74, 6) is 1.61. The molecule has 1 aliphatic heterocycles. The third-order valence-corrected chi connectivity index (χ3v) is 5.79. The average molecular weight is 301 g/mol. The summed E-state index contributed by atoms with van der Waals surface area (Å²) >= 11 is 0. The van der Waals surface area contributed by atoms with E-state index in [9.17, 15) is 0 Å². The Morgan fingerprint density at radius 2 is 1.77 bits per heavy atom. The van der Waals surface area contributed by atoms with Crippen LogP contribution in [0.4, 0.5) is 11.8 Å². The van der Waals surface area contributed by atoms with Crippen LogP contribution in [-0.4, -0.2) is 36.1 Å². The van der Waals surface area contributed by atoms with Crippen molar-refractivity contribution in [1.82, 2.24) is 15.3 Å². The highest BCUT2D eigenvalue weighted by Crippen LogP contribution is 2.49. The number of nitrogens with zero attached hydrogens (tertiary/aromatic N) is 3. The van der Waals surface area contributed by atoms with Crippen LogP contribution >= 0.6 is 0 Å². The van der Waals surface area contributed by atoms with Crippen LogP contribution in [0.2, 0.25) is 0 Å². The lowest BCUT2D eigenvalue weighted by molar-refractivity contribution is 0.357. The summed E-state index contributed by atoms with van der Waals surface area (Å²) in [4.78, 5) is 11.9. The number of fused-ring (bicyclic) bond motifs is 2. The van der Waals surface area contributed by atoms with E-state index in [0.29, 0.717) is 11.4 Å². The Morgan fingerprint density at radius 3 is 2.64 bits per heavy atom. The first-order valence-corrected chi connectivity index (χ1v) is 8.91. The topological polar surface area (TPSA) is 67.1 Å². The molecule has 120 valence electrons. The Labute approximate surface area is 132 Å². The van der Waals surface area contributed by atoms with Gasteiger partial charge in [0.2, 0.25) is 5.95 Å². The smallest absolute Gasteiger partial charge is 0.222 e. The molecule has 0 aromatic carbocycles. The fourth-order valence-corrected chi connectivity index (χ4v) is 4.74. The van der Waals surface area contributed by atoms with Gasteiger partial charge in [-0.05, 0) is 45.1 Å². The number of nitrogen functional groups attached to an aromatic ring is 1. The predicted molar refractivity (Wildman–Crippen MR) is 89.2 cm³/mol. The normalized spacial score (nSPS) is 24.3. The van der Waals surface area contributed by atoms with Gasteiger partial charge in [-0.2, -0.15) is 4.98 Å². The van der Waals surface area contributed by atoms with E-state index in [1.807, 2.05) is 0 Å². The summed E-state index contributed by atoms with van der Waals surface area (Å²) in [5.41, 5.74) is 9.13. The number of hydrogen-bond acceptors (Lipinski definition) is 5. The van der Waals surface area contributed by atoms with Crippen LogP contribution in [0.15, 0.2) is 0 Å². The molecule has 3 aliphatic rings. The summed E-state index contributed by atoms with van der Waals surface area (Å²) in [6.07, 6.45) is 10.1. The van der Waals surface area contributed by atoms with Crippen LogP contribution < -0.4 is 16.0 Å². The monoisotopic (exact) mass is 301 g/mol. The SMILES string of the molecule is Nc1nc(N2CCCNCC2)c2c(n1)C1(CCCC1)CCC2. The van der Waals surface area contributed by atoms with Gasteiger partial charge in [0.05, 0.1) is 5.69 Å². The highest BCUT2D eigenvalue weighted by Gasteiger charge is 2.42. The van der Waals surface area contributed by atoms with Gasteiger partial charge in [0.25, 0.3) is 0 Å². The zero-order valence-corrected chi connectivity index (χ0v) is 13.4. The quantitative estimate of drug-likeness (QED) is 0.830. The minimum atomic E-state index is 0.309. The molecular weight excluding hydrogens is 274 g/mol. The van der Waals surface area contributed by atoms with Crippen LogP contribution in [0.3, 0.4) is 0 Å². The molecule has 0 atom stereocenters. The molecule has 22 heavy (non-hydrogen) atoms. The van der Waals surface area contributed by atoms with E-state index in [1.54, 1.807) is 0 Å². The van der Waals surface area contributed by atoms with Crippen LogP contribution in [0.1, 0.15) is 56.2 Å². The van der Waals surface area contributed by atoms with Crippen molar-refractivity contribution in [3.05, 3.63) is 11.3 Å². The van der Waals surface area contributed by atoms with Gasteiger partial charge in [-0.3, -0.25) is 0 Å². The van der Waals surface area contributed by atoms with E-state index in [1.165, 1.54) is 56.2 Å². The molecule has 2 fully saturated rings. The molecule has 2 heterocycles. The van der Waals surface area contributed by atoms with Crippen molar-refractivity contribution >= 4 is 11.8 Å². The molecule has 1 aromatic heterocycles. The molecule has 4 rings (SSSR count). The maximum atomic E-state index is 6.11. The van der Waals surface area contributed by atoms with Gasteiger partial charge in [-0.1, -0.05) is 12.8 Å². The summed E-state index contributed by atoms with van der Waals surface area (Å²) in [6, 6.07) is 0. The van der Waals surface area contributed by atoms with Crippen molar-refractivity contribution in [3.8, 4) is 0 Å². The number of nitrogens with one attached hydrogen (secondary N) is 1. The molecule has 1 saturated heterocycles. The maximum absolute atomic E-state index is 6.11. The fraction of sp³-hybridized carbons (Fsp3) is 0.765. The van der Waals surface area contributed by atoms with E-state index < -0.39 is 0 Å². The number of rotatable bonds is 1. The van der Waals surface area contributed by atoms with Gasteiger partial charge in [0.15, 0.2) is 0 Å². The van der Waals surface area contributed by atoms with E-state index in [2.05, 4.69) is 15.2 Å². The summed E-state index contributed by atoms with van der Waals surface area (Å²) in [5, 5.41) is 3.47. The van der Waals surface area contributed by atoms with Crippen molar-refractivity contribution in [1.29, 1.82) is 0 Å². The zero-order chi connectivity index (χ0) is 15.0. The number of anilines is 2. The highest BCUT2D eigenvalue weighted by atomic mass is 15.2. The second-order valence-electron chi connectivity index (χ2n) is 7.16. The summed E-state index contributed by atoms with van der Waals surface area (Å²) in [6.45, 7) is 4.23. The third-order valence-electron chi connectivity index (χ3n) is 5.79. The van der Waals surface area contributed by atoms with E-state index >= 15 is 0 Å². The molecule has 1 spiro atoms. The summed E-state index contributed by atoms with van der Waals surface area (Å²) in [7, 11) is 0. The fourth-order valence-electron chi connectivity index (χ4n) is 4.74. The van der Waals surface area contributed by atoms with Crippen LogP contribution in [-0.2, 0) is 11.8 Å². The minimum absolute atomic E-state index is 0.309. The molecule has 5 heteroatoms. The average Bonchev–Trinajstić information content (AvgIpc) is 2.82. The Hall–Kier alpha value is -1.36. The van der Waals surface area contributed by atoms with Gasteiger partial charge in [0, 0.05) is 30.6 Å². The molecule has 1 aromatic rings. The van der Waals surface area contributed by atoms with Gasteiger partial charge in [0.1, 0.15) is 5.82 Å². The van der Waals surface area contributed by atoms with Gasteiger partial charge in [-0.25, -0.2) is 4.98 Å². The van der Waals surface area contributed by atoms with Crippen LogP contribution in [0.25, 0.3) is 0 Å². The molecular formula is C17H27N5. The first-order valence-electron chi connectivity index (χ1n) is 8.91. The van der Waals surface area contributed by atoms with Crippen LogP contribution in [0, 0.1) is 0 Å². The molecule has 0 radical (unpaired) electrons. The van der Waals surface area contributed by atoms with Crippen molar-refractivity contribution in [2.45, 2.75) is 56.8 Å². The molecule has 0 unspecified atom stereocenters. The lowest BCUT2D eigenvalue weighted by Crippen LogP contribution is -2.35. The minimum Gasteiger partial charge on any atom is -0.368 e. The second kappa shape index (κ2) is 5.69. The first-order chi connectivity index (χ1) is 10.8. The molecule has 5 nitrogen and oxygen atoms in total. The van der Waals surface area contributed by atoms with Crippen molar-refractivity contribution in [3.63, 3.8) is 0 Å². The Balaban J connectivity index is 1.78. The highest BCUT2D eigenvalue weighted by molar-refractivity contribution is 5.55. The molecule has 0 bridgehead atoms. The zero-order valence-electron chi connectivity index (χ0n) is 13.4. The van der Waals surface area contributed by atoms with Crippen LogP contribution in [0.5, 0.6) is 0 Å². The van der Waals surface area contributed by atoms with E-state index in [4.69, 9.17) is 10.7 Å². The Kier molecular flexibility index (Phi) is 3.68. The summed E-state index contributed by atoms with van der Waals surface area (Å²) < 4.78 is 0. The Bertz CT molecular complexity index is 542. The Morgan fingerprint density at radius 1 is 0.955 bits per heavy atom. The molecule has 2 aliphatic carbocycles. The standard InChI is InChI=1S/C17H27N5/c18-16-20-14-13(5-3-8-17(14)6-1-2-7-17)15(21-16)22-11-4-9-19-10-12-22/h19H,1-12H2,(H2,18,20,21). The number of hydrogen-bond donors (Lipinski definition) is 2. The largest absolute Gasteiger partial charge is 0.368 e. The third kappa shape index (κ3) is 2.35. The lowest BCUT2D eigenvalue weighted by atomic mass is 9.71. The van der Waals surface area contributed by atoms with Gasteiger partial charge >= 0.3 is 0 Å². The van der Waals surface area contributed by atoms with Crippen molar-refractivity contribution in [2.75, 3.05) is 36.8 Å². The van der Waals surface area contributed by atoms with Gasteiger partial charge < -0.3 is 16.0 Å². The van der Waals surface area contributed by atoms with Crippen molar-refractivity contribution < 1.29 is 0 Å². The van der Waals surface area contributed by atoms with Gasteiger partial charge in [-0.15, -0.1) is 0 Å². The first kappa shape index (κ1) is 14.2. The van der Waals surface area contributed by atoms with E-state index in [0.717, 1.165) is 38.4 Å².